The van der Waals surface area contributed by atoms with Crippen LogP contribution in [0.2, 0.25) is 0 Å². The minimum atomic E-state index is -1.08. The number of carbonyl (C=O) groups excluding carboxylic acids is 3. The fourth-order valence-electron chi connectivity index (χ4n) is 3.77. The van der Waals surface area contributed by atoms with Crippen molar-refractivity contribution in [2.24, 2.45) is 5.73 Å². The zero-order chi connectivity index (χ0) is 22.9. The smallest absolute Gasteiger partial charge is 0.338 e. The van der Waals surface area contributed by atoms with Crippen molar-refractivity contribution in [3.63, 3.8) is 0 Å². The number of benzene rings is 1. The van der Waals surface area contributed by atoms with E-state index in [9.17, 15) is 14.4 Å². The van der Waals surface area contributed by atoms with Gasteiger partial charge in [-0.2, -0.15) is 0 Å². The number of fused-ring (bicyclic) bond motifs is 1. The number of nitrogens with two attached hydrogens (primary N) is 1. The van der Waals surface area contributed by atoms with Crippen molar-refractivity contribution in [3.8, 4) is 5.75 Å². The van der Waals surface area contributed by atoms with Crippen molar-refractivity contribution in [3.05, 3.63) is 51.7 Å². The zero-order valence-electron chi connectivity index (χ0n) is 17.7. The maximum Gasteiger partial charge on any atom is 0.338 e. The normalized spacial score (nSPS) is 24.3. The number of thiophene rings is 1. The van der Waals surface area contributed by atoms with Crippen molar-refractivity contribution < 1.29 is 28.6 Å². The highest BCUT2D eigenvalue weighted by molar-refractivity contribution is 8.00. The van der Waals surface area contributed by atoms with Crippen LogP contribution in [0.15, 0.2) is 35.7 Å². The van der Waals surface area contributed by atoms with Crippen LogP contribution < -0.4 is 10.5 Å². The Labute approximate surface area is 194 Å². The van der Waals surface area contributed by atoms with Crippen LogP contribution in [0.4, 0.5) is 0 Å². The number of rotatable bonds is 7. The molecule has 1 amide bonds. The molecular formula is C22H24N2O6S2. The number of nitrogens with zero attached hydrogens (tertiary/aromatic N) is 1. The van der Waals surface area contributed by atoms with Gasteiger partial charge in [-0.05, 0) is 30.7 Å². The fourth-order valence-corrected chi connectivity index (χ4v) is 6.42. The molecule has 10 heteroatoms. The summed E-state index contributed by atoms with van der Waals surface area (Å²) < 4.78 is 16.0. The van der Waals surface area contributed by atoms with Gasteiger partial charge < -0.3 is 24.8 Å². The number of hydrogen-bond donors (Lipinski definition) is 1. The number of β-lactam (4-membered cyclic amide) rings is 1. The summed E-state index contributed by atoms with van der Waals surface area (Å²) in [6.07, 6.45) is 0. The van der Waals surface area contributed by atoms with Gasteiger partial charge in [0.1, 0.15) is 29.2 Å². The average molecular weight is 477 g/mol. The lowest BCUT2D eigenvalue weighted by Gasteiger charge is -2.52. The van der Waals surface area contributed by atoms with Crippen LogP contribution in [-0.4, -0.2) is 60.2 Å². The maximum atomic E-state index is 13.4. The quantitative estimate of drug-likeness (QED) is 0.478. The second-order valence-electron chi connectivity index (χ2n) is 7.62. The largest absolute Gasteiger partial charge is 0.497 e. The van der Waals surface area contributed by atoms with Crippen molar-refractivity contribution in [1.29, 1.82) is 0 Å². The van der Waals surface area contributed by atoms with E-state index in [4.69, 9.17) is 19.9 Å². The van der Waals surface area contributed by atoms with Gasteiger partial charge in [0.05, 0.1) is 19.3 Å². The third-order valence-electron chi connectivity index (χ3n) is 5.63. The van der Waals surface area contributed by atoms with E-state index in [1.165, 1.54) is 23.1 Å². The minimum absolute atomic E-state index is 0.0856. The van der Waals surface area contributed by atoms with E-state index in [-0.39, 0.29) is 31.0 Å². The summed E-state index contributed by atoms with van der Waals surface area (Å²) in [5.74, 6) is 0.0462. The molecule has 1 aromatic carbocycles. The molecule has 1 unspecified atom stereocenters. The van der Waals surface area contributed by atoms with E-state index in [1.54, 1.807) is 42.5 Å². The van der Waals surface area contributed by atoms with Gasteiger partial charge in [0.25, 0.3) is 0 Å². The summed E-state index contributed by atoms with van der Waals surface area (Å²) in [6.45, 7) is 2.25. The molecule has 32 heavy (non-hydrogen) atoms. The van der Waals surface area contributed by atoms with E-state index in [0.717, 1.165) is 5.56 Å². The number of hydrogen-bond acceptors (Lipinski definition) is 9. The molecule has 170 valence electrons. The summed E-state index contributed by atoms with van der Waals surface area (Å²) in [7, 11) is 1.58. The maximum absolute atomic E-state index is 13.4. The van der Waals surface area contributed by atoms with Crippen molar-refractivity contribution in [2.45, 2.75) is 30.4 Å². The van der Waals surface area contributed by atoms with Crippen LogP contribution in [0.25, 0.3) is 0 Å². The Balaban J connectivity index is 1.58. The predicted octanol–water partition coefficient (Wildman–Crippen LogP) is 2.16. The van der Waals surface area contributed by atoms with Crippen LogP contribution in [0.5, 0.6) is 5.75 Å². The number of thioether (sulfide) groups is 1. The number of methoxy groups -OCH3 is 1. The summed E-state index contributed by atoms with van der Waals surface area (Å²) in [5.41, 5.74) is 6.03. The van der Waals surface area contributed by atoms with Crippen molar-refractivity contribution in [2.75, 3.05) is 26.0 Å². The van der Waals surface area contributed by atoms with Gasteiger partial charge in [-0.15, -0.1) is 23.1 Å². The van der Waals surface area contributed by atoms with Crippen LogP contribution in [0.1, 0.15) is 27.7 Å². The molecule has 0 spiro atoms. The van der Waals surface area contributed by atoms with Gasteiger partial charge >= 0.3 is 11.9 Å². The second-order valence-corrected chi connectivity index (χ2v) is 9.64. The van der Waals surface area contributed by atoms with Gasteiger partial charge in [0.15, 0.2) is 0 Å². The van der Waals surface area contributed by atoms with Crippen LogP contribution >= 0.6 is 23.1 Å². The summed E-state index contributed by atoms with van der Waals surface area (Å²) in [5, 5.41) is 1.53. The number of amides is 1. The van der Waals surface area contributed by atoms with Crippen molar-refractivity contribution in [1.82, 2.24) is 4.90 Å². The Hall–Kier alpha value is -2.56. The lowest BCUT2D eigenvalue weighted by atomic mass is 9.85. The Morgan fingerprint density at radius 3 is 2.69 bits per heavy atom. The first-order chi connectivity index (χ1) is 15.4. The average Bonchev–Trinajstić information content (AvgIpc) is 3.33. The third kappa shape index (κ3) is 3.98. The van der Waals surface area contributed by atoms with Crippen LogP contribution in [-0.2, 0) is 31.1 Å². The van der Waals surface area contributed by atoms with Crippen molar-refractivity contribution >= 4 is 40.9 Å². The van der Waals surface area contributed by atoms with E-state index in [2.05, 4.69) is 0 Å². The molecule has 3 heterocycles. The topological polar surface area (TPSA) is 108 Å². The molecule has 2 aromatic rings. The van der Waals surface area contributed by atoms with Gasteiger partial charge in [0.2, 0.25) is 5.91 Å². The molecule has 8 nitrogen and oxygen atoms in total. The zero-order valence-corrected chi connectivity index (χ0v) is 19.4. The van der Waals surface area contributed by atoms with Gasteiger partial charge in [-0.3, -0.25) is 9.59 Å². The molecule has 0 bridgehead atoms. The first-order valence-electron chi connectivity index (χ1n) is 10.1. The highest BCUT2D eigenvalue weighted by Gasteiger charge is 2.57. The summed E-state index contributed by atoms with van der Waals surface area (Å²) in [4.78, 5) is 40.2. The van der Waals surface area contributed by atoms with E-state index in [0.29, 0.717) is 21.9 Å². The number of ether oxygens (including phenoxy) is 3. The molecule has 1 aromatic heterocycles. The molecule has 2 N–H and O–H groups in total. The SMILES string of the molecule is CCOC(=O)c1csc(C2(C(=O)OCc3ccc(OC)cc3)CS[C@@H]3[C@H](N)C(=O)N3C2)c1. The first kappa shape index (κ1) is 22.6. The molecule has 2 aliphatic heterocycles. The monoisotopic (exact) mass is 476 g/mol. The molecular weight excluding hydrogens is 452 g/mol. The van der Waals surface area contributed by atoms with Gasteiger partial charge in [0, 0.05) is 22.6 Å². The first-order valence-corrected chi connectivity index (χ1v) is 12.1. The summed E-state index contributed by atoms with van der Waals surface area (Å²) >= 11 is 2.76. The minimum Gasteiger partial charge on any atom is -0.497 e. The molecule has 2 saturated heterocycles. The molecule has 0 radical (unpaired) electrons. The standard InChI is InChI=1S/C22H24N2O6S2/c1-3-29-20(26)14-8-16(31-10-14)22(11-24-18(25)17(23)19(24)32-12-22)21(27)30-9-13-4-6-15(28-2)7-5-13/h4-8,10,17,19H,3,9,11-12,23H2,1-2H3/t17-,19-,22?/m1/s1. The lowest BCUT2D eigenvalue weighted by molar-refractivity contribution is -0.156. The molecule has 2 fully saturated rings. The molecule has 0 aliphatic carbocycles. The number of carbonyl (C=O) groups is 3. The highest BCUT2D eigenvalue weighted by atomic mass is 32.2. The molecule has 2 aliphatic rings. The number of esters is 2. The molecule has 4 rings (SSSR count). The second kappa shape index (κ2) is 9.13. The van der Waals surface area contributed by atoms with E-state index in [1.807, 2.05) is 12.1 Å². The van der Waals surface area contributed by atoms with E-state index >= 15 is 0 Å². The van der Waals surface area contributed by atoms with Gasteiger partial charge in [-0.25, -0.2) is 4.79 Å². The van der Waals surface area contributed by atoms with E-state index < -0.39 is 23.4 Å². The van der Waals surface area contributed by atoms with Gasteiger partial charge in [-0.1, -0.05) is 12.1 Å². The Morgan fingerprint density at radius 1 is 1.25 bits per heavy atom. The van der Waals surface area contributed by atoms with Crippen LogP contribution in [0.3, 0.4) is 0 Å². The summed E-state index contributed by atoms with van der Waals surface area (Å²) in [6, 6.07) is 8.36. The third-order valence-corrected chi connectivity index (χ3v) is 8.31. The predicted molar refractivity (Wildman–Crippen MR) is 121 cm³/mol. The lowest BCUT2D eigenvalue weighted by Crippen LogP contribution is -2.72. The Morgan fingerprint density at radius 2 is 2.00 bits per heavy atom. The molecule has 0 saturated carbocycles. The van der Waals surface area contributed by atoms with Crippen LogP contribution in [0, 0.1) is 0 Å². The molecule has 3 atom stereocenters. The Bertz CT molecular complexity index is 1020. The fraction of sp³-hybridized carbons (Fsp3) is 0.409. The highest BCUT2D eigenvalue weighted by Crippen LogP contribution is 2.45. The Kier molecular flexibility index (Phi) is 6.45.